The maximum absolute atomic E-state index is 5.91. The first-order chi connectivity index (χ1) is 9.70. The van der Waals surface area contributed by atoms with Gasteiger partial charge in [-0.1, -0.05) is 43.3 Å². The minimum absolute atomic E-state index is 0.182. The molecule has 0 bridgehead atoms. The predicted molar refractivity (Wildman–Crippen MR) is 85.0 cm³/mol. The van der Waals surface area contributed by atoms with E-state index in [0.717, 1.165) is 24.4 Å². The lowest BCUT2D eigenvalue weighted by molar-refractivity contribution is 0.243. The fourth-order valence-electron chi connectivity index (χ4n) is 2.18. The molecule has 0 amide bonds. The molecular weight excluding hydrogens is 246 g/mol. The number of rotatable bonds is 6. The third kappa shape index (κ3) is 3.84. The van der Waals surface area contributed by atoms with Crippen LogP contribution in [0.5, 0.6) is 5.75 Å². The molecule has 2 nitrogen and oxygen atoms in total. The Morgan fingerprint density at radius 1 is 1.05 bits per heavy atom. The SMILES string of the molecule is CCNCc1cccc(-c2ccccc2OC(C)C)c1. The van der Waals surface area contributed by atoms with Crippen molar-refractivity contribution in [3.8, 4) is 16.9 Å². The van der Waals surface area contributed by atoms with Gasteiger partial charge in [-0.05, 0) is 43.7 Å². The maximum atomic E-state index is 5.91. The van der Waals surface area contributed by atoms with Crippen molar-refractivity contribution >= 4 is 0 Å². The van der Waals surface area contributed by atoms with E-state index in [2.05, 4.69) is 62.5 Å². The zero-order chi connectivity index (χ0) is 14.4. The molecule has 2 aromatic rings. The molecule has 0 radical (unpaired) electrons. The van der Waals surface area contributed by atoms with Crippen molar-refractivity contribution in [3.63, 3.8) is 0 Å². The Hall–Kier alpha value is -1.80. The Kier molecular flexibility index (Phi) is 5.19. The van der Waals surface area contributed by atoms with E-state index in [4.69, 9.17) is 4.74 Å². The van der Waals surface area contributed by atoms with E-state index in [1.807, 2.05) is 12.1 Å². The molecule has 0 aliphatic heterocycles. The van der Waals surface area contributed by atoms with Crippen LogP contribution in [0.2, 0.25) is 0 Å². The fourth-order valence-corrected chi connectivity index (χ4v) is 2.18. The third-order valence-electron chi connectivity index (χ3n) is 3.07. The number of hydrogen-bond donors (Lipinski definition) is 1. The van der Waals surface area contributed by atoms with Crippen molar-refractivity contribution in [1.29, 1.82) is 0 Å². The highest BCUT2D eigenvalue weighted by molar-refractivity contribution is 5.70. The van der Waals surface area contributed by atoms with Crippen molar-refractivity contribution in [2.45, 2.75) is 33.4 Å². The van der Waals surface area contributed by atoms with Crippen LogP contribution in [0.15, 0.2) is 48.5 Å². The van der Waals surface area contributed by atoms with Crippen LogP contribution in [-0.2, 0) is 6.54 Å². The van der Waals surface area contributed by atoms with E-state index in [1.54, 1.807) is 0 Å². The molecule has 0 atom stereocenters. The normalized spacial score (nSPS) is 10.8. The van der Waals surface area contributed by atoms with E-state index >= 15 is 0 Å². The Labute approximate surface area is 121 Å². The Bertz CT molecular complexity index is 549. The largest absolute Gasteiger partial charge is 0.490 e. The smallest absolute Gasteiger partial charge is 0.127 e. The highest BCUT2D eigenvalue weighted by Crippen LogP contribution is 2.30. The summed E-state index contributed by atoms with van der Waals surface area (Å²) in [6.07, 6.45) is 0.182. The standard InChI is InChI=1S/C18H23NO/c1-4-19-13-15-8-7-9-16(12-15)17-10-5-6-11-18(17)20-14(2)3/h5-12,14,19H,4,13H2,1-3H3. The molecule has 20 heavy (non-hydrogen) atoms. The second-order valence-electron chi connectivity index (χ2n) is 5.14. The van der Waals surface area contributed by atoms with E-state index < -0.39 is 0 Å². The molecule has 0 fully saturated rings. The van der Waals surface area contributed by atoms with Gasteiger partial charge in [0.1, 0.15) is 5.75 Å². The first kappa shape index (κ1) is 14.6. The Balaban J connectivity index is 2.31. The molecule has 0 spiro atoms. The summed E-state index contributed by atoms with van der Waals surface area (Å²) in [6.45, 7) is 8.11. The molecule has 2 rings (SSSR count). The number of nitrogens with one attached hydrogen (secondary N) is 1. The predicted octanol–water partition coefficient (Wildman–Crippen LogP) is 4.25. The molecule has 0 aliphatic rings. The average Bonchev–Trinajstić information content (AvgIpc) is 2.45. The Morgan fingerprint density at radius 3 is 2.60 bits per heavy atom. The molecule has 2 heteroatoms. The summed E-state index contributed by atoms with van der Waals surface area (Å²) in [5.74, 6) is 0.947. The van der Waals surface area contributed by atoms with E-state index in [1.165, 1.54) is 11.1 Å². The molecule has 0 aliphatic carbocycles. The van der Waals surface area contributed by atoms with E-state index in [-0.39, 0.29) is 6.10 Å². The first-order valence-electron chi connectivity index (χ1n) is 7.26. The third-order valence-corrected chi connectivity index (χ3v) is 3.07. The van der Waals surface area contributed by atoms with Crippen LogP contribution in [0.1, 0.15) is 26.3 Å². The van der Waals surface area contributed by atoms with Gasteiger partial charge in [0, 0.05) is 12.1 Å². The highest BCUT2D eigenvalue weighted by atomic mass is 16.5. The van der Waals surface area contributed by atoms with Gasteiger partial charge in [0.25, 0.3) is 0 Å². The summed E-state index contributed by atoms with van der Waals surface area (Å²) in [4.78, 5) is 0. The zero-order valence-electron chi connectivity index (χ0n) is 12.5. The summed E-state index contributed by atoms with van der Waals surface area (Å²) in [5, 5.41) is 3.36. The zero-order valence-corrected chi connectivity index (χ0v) is 12.5. The van der Waals surface area contributed by atoms with Crippen molar-refractivity contribution in [1.82, 2.24) is 5.32 Å². The minimum Gasteiger partial charge on any atom is -0.490 e. The summed E-state index contributed by atoms with van der Waals surface area (Å²) in [7, 11) is 0. The second-order valence-corrected chi connectivity index (χ2v) is 5.14. The van der Waals surface area contributed by atoms with Crippen LogP contribution in [-0.4, -0.2) is 12.6 Å². The molecule has 0 heterocycles. The van der Waals surface area contributed by atoms with Gasteiger partial charge < -0.3 is 10.1 Å². The van der Waals surface area contributed by atoms with Crippen molar-refractivity contribution < 1.29 is 4.74 Å². The number of ether oxygens (including phenoxy) is 1. The van der Waals surface area contributed by atoms with Crippen LogP contribution < -0.4 is 10.1 Å². The fraction of sp³-hybridized carbons (Fsp3) is 0.333. The molecule has 0 unspecified atom stereocenters. The summed E-state index contributed by atoms with van der Waals surface area (Å²) < 4.78 is 5.91. The van der Waals surface area contributed by atoms with Crippen molar-refractivity contribution in [2.75, 3.05) is 6.54 Å². The number of para-hydroxylation sites is 1. The molecule has 2 aromatic carbocycles. The highest BCUT2D eigenvalue weighted by Gasteiger charge is 2.07. The van der Waals surface area contributed by atoms with E-state index in [0.29, 0.717) is 0 Å². The monoisotopic (exact) mass is 269 g/mol. The molecule has 106 valence electrons. The number of benzene rings is 2. The van der Waals surface area contributed by atoms with Gasteiger partial charge in [0.2, 0.25) is 0 Å². The molecule has 0 saturated carbocycles. The van der Waals surface area contributed by atoms with E-state index in [9.17, 15) is 0 Å². The summed E-state index contributed by atoms with van der Waals surface area (Å²) in [5.41, 5.74) is 3.65. The summed E-state index contributed by atoms with van der Waals surface area (Å²) in [6, 6.07) is 16.8. The quantitative estimate of drug-likeness (QED) is 0.846. The molecule has 0 saturated heterocycles. The van der Waals surface area contributed by atoms with Crippen LogP contribution in [0.4, 0.5) is 0 Å². The van der Waals surface area contributed by atoms with Crippen molar-refractivity contribution in [3.05, 3.63) is 54.1 Å². The maximum Gasteiger partial charge on any atom is 0.127 e. The lowest BCUT2D eigenvalue weighted by atomic mass is 10.0. The molecular formula is C18H23NO. The minimum atomic E-state index is 0.182. The van der Waals surface area contributed by atoms with Gasteiger partial charge in [-0.15, -0.1) is 0 Å². The van der Waals surface area contributed by atoms with Gasteiger partial charge in [-0.3, -0.25) is 0 Å². The average molecular weight is 269 g/mol. The second kappa shape index (κ2) is 7.11. The van der Waals surface area contributed by atoms with Crippen LogP contribution >= 0.6 is 0 Å². The lowest BCUT2D eigenvalue weighted by Crippen LogP contribution is -2.11. The van der Waals surface area contributed by atoms with Gasteiger partial charge in [-0.25, -0.2) is 0 Å². The van der Waals surface area contributed by atoms with Crippen LogP contribution in [0, 0.1) is 0 Å². The Morgan fingerprint density at radius 2 is 1.85 bits per heavy atom. The molecule has 0 aromatic heterocycles. The van der Waals surface area contributed by atoms with Crippen molar-refractivity contribution in [2.24, 2.45) is 0 Å². The topological polar surface area (TPSA) is 21.3 Å². The van der Waals surface area contributed by atoms with Gasteiger partial charge in [-0.2, -0.15) is 0 Å². The lowest BCUT2D eigenvalue weighted by Gasteiger charge is -2.15. The van der Waals surface area contributed by atoms with Crippen LogP contribution in [0.3, 0.4) is 0 Å². The number of hydrogen-bond acceptors (Lipinski definition) is 2. The first-order valence-corrected chi connectivity index (χ1v) is 7.26. The van der Waals surface area contributed by atoms with Gasteiger partial charge >= 0.3 is 0 Å². The van der Waals surface area contributed by atoms with Crippen LogP contribution in [0.25, 0.3) is 11.1 Å². The molecule has 1 N–H and O–H groups in total. The van der Waals surface area contributed by atoms with Gasteiger partial charge in [0.15, 0.2) is 0 Å². The van der Waals surface area contributed by atoms with Gasteiger partial charge in [0.05, 0.1) is 6.10 Å². The summed E-state index contributed by atoms with van der Waals surface area (Å²) >= 11 is 0.